The normalized spacial score (nSPS) is 27.5. The van der Waals surface area contributed by atoms with E-state index in [4.69, 9.17) is 4.74 Å². The number of aliphatic hydroxyl groups is 1. The van der Waals surface area contributed by atoms with Gasteiger partial charge in [-0.25, -0.2) is 4.79 Å². The lowest BCUT2D eigenvalue weighted by molar-refractivity contribution is -0.152. The van der Waals surface area contributed by atoms with E-state index in [9.17, 15) is 24.3 Å². The molecular weight excluding hydrogens is 526 g/mol. The number of aliphatic hydroxyl groups excluding tert-OH is 1. The summed E-state index contributed by atoms with van der Waals surface area (Å²) in [5, 5.41) is 13.3. The first-order chi connectivity index (χ1) is 19.2. The summed E-state index contributed by atoms with van der Waals surface area (Å²) in [6.07, 6.45) is 3.75. The summed E-state index contributed by atoms with van der Waals surface area (Å²) in [7, 11) is 5.04. The highest BCUT2D eigenvalue weighted by Crippen LogP contribution is 2.28. The minimum Gasteiger partial charge on any atom is -0.467 e. The van der Waals surface area contributed by atoms with Gasteiger partial charge in [0.1, 0.15) is 12.1 Å². The molecule has 0 aliphatic carbocycles. The molecule has 41 heavy (non-hydrogen) atoms. The van der Waals surface area contributed by atoms with Crippen LogP contribution in [0.2, 0.25) is 0 Å². The molecule has 3 fully saturated rings. The molecule has 11 nitrogen and oxygen atoms in total. The number of nitrogens with zero attached hydrogens (tertiary/aromatic N) is 4. The second kappa shape index (κ2) is 13.8. The summed E-state index contributed by atoms with van der Waals surface area (Å²) in [5.41, 5.74) is -0.499. The Morgan fingerprint density at radius 1 is 1.02 bits per heavy atom. The predicted molar refractivity (Wildman–Crippen MR) is 156 cm³/mol. The van der Waals surface area contributed by atoms with E-state index in [1.54, 1.807) is 11.9 Å². The van der Waals surface area contributed by atoms with Crippen LogP contribution < -0.4 is 5.32 Å². The third kappa shape index (κ3) is 7.78. The Balaban J connectivity index is 1.75. The van der Waals surface area contributed by atoms with Gasteiger partial charge in [0.15, 0.2) is 0 Å². The number of methoxy groups -OCH3 is 1. The highest BCUT2D eigenvalue weighted by Gasteiger charge is 2.45. The van der Waals surface area contributed by atoms with Crippen LogP contribution in [0, 0.1) is 11.3 Å². The molecule has 3 saturated heterocycles. The van der Waals surface area contributed by atoms with Crippen molar-refractivity contribution in [2.45, 2.75) is 109 Å². The predicted octanol–water partition coefficient (Wildman–Crippen LogP) is 1.08. The molecular formula is C30H53N5O6. The maximum Gasteiger partial charge on any atom is 0.328 e. The summed E-state index contributed by atoms with van der Waals surface area (Å²) < 4.78 is 4.89. The molecule has 0 bridgehead atoms. The second-order valence-corrected chi connectivity index (χ2v) is 13.6. The van der Waals surface area contributed by atoms with Crippen LogP contribution in [0.15, 0.2) is 0 Å². The Hall–Kier alpha value is -2.24. The van der Waals surface area contributed by atoms with E-state index in [-0.39, 0.29) is 48.7 Å². The maximum atomic E-state index is 14.0. The topological polar surface area (TPSA) is 123 Å². The number of hydrogen-bond acceptors (Lipinski definition) is 8. The van der Waals surface area contributed by atoms with Gasteiger partial charge in [-0.2, -0.15) is 0 Å². The monoisotopic (exact) mass is 579 g/mol. The van der Waals surface area contributed by atoms with Crippen molar-refractivity contribution in [1.29, 1.82) is 0 Å². The van der Waals surface area contributed by atoms with Crippen LogP contribution in [0.4, 0.5) is 0 Å². The van der Waals surface area contributed by atoms with Crippen molar-refractivity contribution in [2.75, 3.05) is 47.4 Å². The molecule has 3 heterocycles. The lowest BCUT2D eigenvalue weighted by Crippen LogP contribution is -2.61. The molecule has 3 rings (SSSR count). The molecule has 0 aromatic rings. The van der Waals surface area contributed by atoms with E-state index >= 15 is 0 Å². The summed E-state index contributed by atoms with van der Waals surface area (Å²) in [5.74, 6) is -0.842. The number of piperidine rings is 1. The molecule has 0 saturated carbocycles. The van der Waals surface area contributed by atoms with Gasteiger partial charge < -0.3 is 25.0 Å². The van der Waals surface area contributed by atoms with E-state index < -0.39 is 35.6 Å². The number of carbonyl (C=O) groups is 4. The first kappa shape index (κ1) is 33.3. The summed E-state index contributed by atoms with van der Waals surface area (Å²) >= 11 is 0. The van der Waals surface area contributed by atoms with Crippen LogP contribution in [0.3, 0.4) is 0 Å². The number of ether oxygens (including phenoxy) is 1. The SMILES string of the molecule is COC(=O)[C@@H]1C[C@@H](O)CN1C(=O)[C@@H]1CCCN1C[C@H](C(C)C)N(C)C(=O)[C@@H](NC(=O)[C@H]1CCCCN1C)C(C)(C)C. The van der Waals surface area contributed by atoms with Crippen LogP contribution >= 0.6 is 0 Å². The molecule has 0 radical (unpaired) electrons. The van der Waals surface area contributed by atoms with Gasteiger partial charge >= 0.3 is 5.97 Å². The van der Waals surface area contributed by atoms with Gasteiger partial charge in [0.2, 0.25) is 17.7 Å². The van der Waals surface area contributed by atoms with Crippen molar-refractivity contribution < 1.29 is 29.0 Å². The summed E-state index contributed by atoms with van der Waals surface area (Å²) in [4.78, 5) is 60.7. The minimum absolute atomic E-state index is 0.0949. The fraction of sp³-hybridized carbons (Fsp3) is 0.867. The fourth-order valence-corrected chi connectivity index (χ4v) is 6.61. The first-order valence-corrected chi connectivity index (χ1v) is 15.2. The lowest BCUT2D eigenvalue weighted by atomic mass is 9.84. The second-order valence-electron chi connectivity index (χ2n) is 13.6. The van der Waals surface area contributed by atoms with Crippen LogP contribution in [0.1, 0.15) is 73.1 Å². The Morgan fingerprint density at radius 3 is 2.27 bits per heavy atom. The van der Waals surface area contributed by atoms with Gasteiger partial charge in [0.25, 0.3) is 0 Å². The number of hydrogen-bond donors (Lipinski definition) is 2. The van der Waals surface area contributed by atoms with E-state index in [0.717, 1.165) is 32.2 Å². The third-order valence-electron chi connectivity index (χ3n) is 9.19. The maximum absolute atomic E-state index is 14.0. The number of β-amino-alcohol motifs (C(OH)–C–C–N with tert-alkyl or cyclic N) is 1. The van der Waals surface area contributed by atoms with Crippen molar-refractivity contribution >= 4 is 23.7 Å². The molecule has 0 spiro atoms. The molecule has 6 atom stereocenters. The number of carbonyl (C=O) groups excluding carboxylic acids is 4. The van der Waals surface area contributed by atoms with Gasteiger partial charge in [-0.15, -0.1) is 0 Å². The molecule has 3 amide bonds. The number of likely N-dealkylation sites (N-methyl/N-ethyl adjacent to an activating group) is 2. The smallest absolute Gasteiger partial charge is 0.328 e. The van der Waals surface area contributed by atoms with E-state index in [0.29, 0.717) is 19.5 Å². The number of amides is 3. The van der Waals surface area contributed by atoms with Crippen LogP contribution in [0.25, 0.3) is 0 Å². The fourth-order valence-electron chi connectivity index (χ4n) is 6.61. The lowest BCUT2D eigenvalue weighted by Gasteiger charge is -2.41. The number of nitrogens with one attached hydrogen (secondary N) is 1. The van der Waals surface area contributed by atoms with Gasteiger partial charge in [0.05, 0.1) is 25.3 Å². The van der Waals surface area contributed by atoms with Gasteiger partial charge in [-0.05, 0) is 57.2 Å². The van der Waals surface area contributed by atoms with E-state index in [1.165, 1.54) is 12.0 Å². The molecule has 3 aliphatic rings. The van der Waals surface area contributed by atoms with Crippen LogP contribution in [-0.2, 0) is 23.9 Å². The van der Waals surface area contributed by atoms with Crippen molar-refractivity contribution in [2.24, 2.45) is 11.3 Å². The molecule has 234 valence electrons. The molecule has 2 N–H and O–H groups in total. The van der Waals surface area contributed by atoms with Gasteiger partial charge in [0, 0.05) is 32.6 Å². The molecule has 11 heteroatoms. The Morgan fingerprint density at radius 2 is 1.68 bits per heavy atom. The zero-order chi connectivity index (χ0) is 30.6. The zero-order valence-corrected chi connectivity index (χ0v) is 26.4. The molecule has 0 aromatic carbocycles. The highest BCUT2D eigenvalue weighted by atomic mass is 16.5. The minimum atomic E-state index is -0.783. The van der Waals surface area contributed by atoms with Crippen LogP contribution in [0.5, 0.6) is 0 Å². The number of esters is 1. The van der Waals surface area contributed by atoms with Gasteiger partial charge in [-0.3, -0.25) is 24.2 Å². The molecule has 3 aliphatic heterocycles. The summed E-state index contributed by atoms with van der Waals surface area (Å²) in [6, 6.07) is -2.34. The Kier molecular flexibility index (Phi) is 11.2. The van der Waals surface area contributed by atoms with Crippen molar-refractivity contribution in [3.63, 3.8) is 0 Å². The van der Waals surface area contributed by atoms with Crippen molar-refractivity contribution in [3.05, 3.63) is 0 Å². The van der Waals surface area contributed by atoms with Gasteiger partial charge in [-0.1, -0.05) is 41.0 Å². The average molecular weight is 580 g/mol. The average Bonchev–Trinajstić information content (AvgIpc) is 3.54. The zero-order valence-electron chi connectivity index (χ0n) is 26.4. The highest BCUT2D eigenvalue weighted by molar-refractivity contribution is 5.91. The standard InChI is InChI=1S/C30H53N5O6/c1-19(2)24(18-34-15-11-13-22(34)27(38)35-17-20(36)16-23(35)29(40)41-8)33(7)28(39)25(30(3,4)5)31-26(37)21-12-9-10-14-32(21)6/h19-25,36H,9-18H2,1-8H3,(H,31,37)/t20-,21-,22+,23+,24-,25-/m1/s1. The molecule has 0 unspecified atom stereocenters. The van der Waals surface area contributed by atoms with Crippen molar-refractivity contribution in [1.82, 2.24) is 24.9 Å². The first-order valence-electron chi connectivity index (χ1n) is 15.2. The van der Waals surface area contributed by atoms with E-state index in [2.05, 4.69) is 29.0 Å². The Bertz CT molecular complexity index is 952. The van der Waals surface area contributed by atoms with Crippen LogP contribution in [-0.4, -0.2) is 132 Å². The summed E-state index contributed by atoms with van der Waals surface area (Å²) in [6.45, 7) is 12.2. The Labute approximate surface area is 245 Å². The molecule has 0 aromatic heterocycles. The third-order valence-corrected chi connectivity index (χ3v) is 9.19. The van der Waals surface area contributed by atoms with Crippen molar-refractivity contribution in [3.8, 4) is 0 Å². The quantitative estimate of drug-likeness (QED) is 0.389. The number of likely N-dealkylation sites (tertiary alicyclic amines) is 3. The van der Waals surface area contributed by atoms with E-state index in [1.807, 2.05) is 27.8 Å². The largest absolute Gasteiger partial charge is 0.467 e. The number of rotatable bonds is 9.